The summed E-state index contributed by atoms with van der Waals surface area (Å²) in [6.07, 6.45) is 22.5. The molecule has 1 N–H and O–H groups in total. The number of carbonyl (C=O) groups excluding carboxylic acids is 1. The molecule has 0 aromatic carbocycles. The fourth-order valence-corrected chi connectivity index (χ4v) is 4.89. The van der Waals surface area contributed by atoms with Crippen LogP contribution in [0.2, 0.25) is 0 Å². The van der Waals surface area contributed by atoms with Gasteiger partial charge in [-0.25, -0.2) is 0 Å². The molecule has 0 radical (unpaired) electrons. The molecule has 0 amide bonds. The van der Waals surface area contributed by atoms with Crippen molar-refractivity contribution >= 4 is 5.78 Å². The summed E-state index contributed by atoms with van der Waals surface area (Å²) >= 11 is 0. The normalized spacial score (nSPS) is 33.5. The highest BCUT2D eigenvalue weighted by Gasteiger charge is 2.34. The van der Waals surface area contributed by atoms with E-state index in [9.17, 15) is 9.90 Å². The average molecular weight is 387 g/mol. The van der Waals surface area contributed by atoms with Gasteiger partial charge in [-0.3, -0.25) is 4.79 Å². The molecule has 2 heteroatoms. The molecule has 0 heterocycles. The molecule has 2 rings (SSSR count). The summed E-state index contributed by atoms with van der Waals surface area (Å²) in [5, 5.41) is 9.33. The molecule has 0 spiro atoms. The summed E-state index contributed by atoms with van der Waals surface area (Å²) in [5.41, 5.74) is 1.26. The van der Waals surface area contributed by atoms with Crippen LogP contribution in [0.1, 0.15) is 91.9 Å². The molecule has 2 aliphatic carbocycles. The van der Waals surface area contributed by atoms with Crippen LogP contribution in [-0.2, 0) is 4.79 Å². The van der Waals surface area contributed by atoms with Crippen molar-refractivity contribution in [2.75, 3.05) is 6.61 Å². The maximum atomic E-state index is 12.9. The van der Waals surface area contributed by atoms with Gasteiger partial charge in [0.25, 0.3) is 0 Å². The Bertz CT molecular complexity index is 600. The first kappa shape index (κ1) is 23.1. The standard InChI is InChI=1S/C26H42O2/c1-21-11-10-17-25(3,18-14-21)23-12-6-5-8-15-26(4,16-9-7-13-23)24(28)19-22(2)20-27/h10-11,14,17-18,22-23,27H,5-9,12-13,15-16,19-20H2,1-4H3. The van der Waals surface area contributed by atoms with Gasteiger partial charge in [0.1, 0.15) is 5.78 Å². The Hall–Kier alpha value is -1.15. The summed E-state index contributed by atoms with van der Waals surface area (Å²) in [7, 11) is 0. The zero-order chi connectivity index (χ0) is 20.6. The van der Waals surface area contributed by atoms with E-state index < -0.39 is 0 Å². The minimum Gasteiger partial charge on any atom is -0.396 e. The van der Waals surface area contributed by atoms with Crippen molar-refractivity contribution in [1.82, 2.24) is 0 Å². The number of allylic oxidation sites excluding steroid dienone is 6. The monoisotopic (exact) mass is 386 g/mol. The highest BCUT2D eigenvalue weighted by Crippen LogP contribution is 2.42. The van der Waals surface area contributed by atoms with E-state index in [4.69, 9.17) is 0 Å². The smallest absolute Gasteiger partial charge is 0.139 e. The van der Waals surface area contributed by atoms with E-state index >= 15 is 0 Å². The third-order valence-corrected chi connectivity index (χ3v) is 7.23. The lowest BCUT2D eigenvalue weighted by Gasteiger charge is -2.33. The zero-order valence-corrected chi connectivity index (χ0v) is 18.7. The Morgan fingerprint density at radius 1 is 1.11 bits per heavy atom. The highest BCUT2D eigenvalue weighted by molar-refractivity contribution is 5.84. The highest BCUT2D eigenvalue weighted by atomic mass is 16.3. The summed E-state index contributed by atoms with van der Waals surface area (Å²) in [5.74, 6) is 1.12. The maximum absolute atomic E-state index is 12.9. The predicted molar refractivity (Wildman–Crippen MR) is 119 cm³/mol. The molecular weight excluding hydrogens is 344 g/mol. The lowest BCUT2D eigenvalue weighted by molar-refractivity contribution is -0.130. The molecular formula is C26H42O2. The van der Waals surface area contributed by atoms with E-state index in [0.29, 0.717) is 18.1 Å². The van der Waals surface area contributed by atoms with Crippen LogP contribution in [0.25, 0.3) is 0 Å². The van der Waals surface area contributed by atoms with Gasteiger partial charge in [0.2, 0.25) is 0 Å². The number of Topliss-reactive ketones (excluding diaryl/α,β-unsaturated/α-hetero) is 1. The summed E-state index contributed by atoms with van der Waals surface area (Å²) in [6, 6.07) is 0. The van der Waals surface area contributed by atoms with E-state index in [1.807, 2.05) is 6.92 Å². The molecule has 0 bridgehead atoms. The number of ketones is 1. The van der Waals surface area contributed by atoms with E-state index in [-0.39, 0.29) is 23.4 Å². The lowest BCUT2D eigenvalue weighted by Crippen LogP contribution is -2.30. The number of carbonyl (C=O) groups is 1. The quantitative estimate of drug-likeness (QED) is 0.564. The van der Waals surface area contributed by atoms with Crippen LogP contribution in [0.5, 0.6) is 0 Å². The minimum absolute atomic E-state index is 0.0812. The van der Waals surface area contributed by atoms with Gasteiger partial charge in [0.15, 0.2) is 0 Å². The van der Waals surface area contributed by atoms with Gasteiger partial charge in [-0.1, -0.05) is 88.8 Å². The SMILES string of the molecule is CC1=CC=CC(C)(C2CCCCCC(C)(C(=O)CC(C)CO)CCCC2)C=C1. The molecule has 2 nitrogen and oxygen atoms in total. The lowest BCUT2D eigenvalue weighted by atomic mass is 9.71. The number of hydrogen-bond donors (Lipinski definition) is 1. The van der Waals surface area contributed by atoms with Crippen molar-refractivity contribution in [3.63, 3.8) is 0 Å². The van der Waals surface area contributed by atoms with Crippen LogP contribution in [-0.4, -0.2) is 17.5 Å². The molecule has 4 unspecified atom stereocenters. The minimum atomic E-state index is -0.198. The number of aliphatic hydroxyl groups is 1. The van der Waals surface area contributed by atoms with E-state index in [0.717, 1.165) is 25.7 Å². The second kappa shape index (κ2) is 10.6. The van der Waals surface area contributed by atoms with Gasteiger partial charge < -0.3 is 5.11 Å². The van der Waals surface area contributed by atoms with Gasteiger partial charge in [0.05, 0.1) is 0 Å². The van der Waals surface area contributed by atoms with E-state index in [1.165, 1.54) is 37.7 Å². The number of rotatable bonds is 5. The van der Waals surface area contributed by atoms with Crippen molar-refractivity contribution in [3.8, 4) is 0 Å². The van der Waals surface area contributed by atoms with Crippen LogP contribution < -0.4 is 0 Å². The first-order valence-corrected chi connectivity index (χ1v) is 11.5. The zero-order valence-electron chi connectivity index (χ0n) is 18.7. The molecule has 158 valence electrons. The molecule has 4 atom stereocenters. The van der Waals surface area contributed by atoms with Crippen molar-refractivity contribution < 1.29 is 9.90 Å². The van der Waals surface area contributed by atoms with Crippen LogP contribution in [0.3, 0.4) is 0 Å². The molecule has 0 saturated heterocycles. The average Bonchev–Trinajstić information content (AvgIpc) is 2.86. The van der Waals surface area contributed by atoms with Crippen LogP contribution in [0, 0.1) is 22.7 Å². The topological polar surface area (TPSA) is 37.3 Å². The van der Waals surface area contributed by atoms with Crippen molar-refractivity contribution in [2.24, 2.45) is 22.7 Å². The van der Waals surface area contributed by atoms with Crippen molar-refractivity contribution in [2.45, 2.75) is 91.9 Å². The molecule has 1 saturated carbocycles. The van der Waals surface area contributed by atoms with Gasteiger partial charge in [-0.15, -0.1) is 0 Å². The number of hydrogen-bond acceptors (Lipinski definition) is 2. The van der Waals surface area contributed by atoms with Crippen LogP contribution in [0.4, 0.5) is 0 Å². The van der Waals surface area contributed by atoms with Gasteiger partial charge >= 0.3 is 0 Å². The van der Waals surface area contributed by atoms with Crippen LogP contribution >= 0.6 is 0 Å². The Labute approximate surface area is 173 Å². The second-order valence-electron chi connectivity index (χ2n) is 9.99. The summed E-state index contributed by atoms with van der Waals surface area (Å²) in [4.78, 5) is 12.9. The van der Waals surface area contributed by atoms with E-state index in [2.05, 4.69) is 51.2 Å². The van der Waals surface area contributed by atoms with Gasteiger partial charge in [-0.05, 0) is 44.4 Å². The molecule has 0 aromatic rings. The summed E-state index contributed by atoms with van der Waals surface area (Å²) < 4.78 is 0. The molecule has 2 aliphatic rings. The first-order valence-electron chi connectivity index (χ1n) is 11.5. The third-order valence-electron chi connectivity index (χ3n) is 7.23. The fraction of sp³-hybridized carbons (Fsp3) is 0.731. The Morgan fingerprint density at radius 2 is 1.75 bits per heavy atom. The number of aliphatic hydroxyl groups excluding tert-OH is 1. The summed E-state index contributed by atoms with van der Waals surface area (Å²) in [6.45, 7) is 8.82. The van der Waals surface area contributed by atoms with Gasteiger partial charge in [0, 0.05) is 23.9 Å². The van der Waals surface area contributed by atoms with Crippen LogP contribution in [0.15, 0.2) is 36.0 Å². The molecule has 0 aliphatic heterocycles. The molecule has 1 fully saturated rings. The molecule has 0 aromatic heterocycles. The van der Waals surface area contributed by atoms with E-state index in [1.54, 1.807) is 0 Å². The fourth-order valence-electron chi connectivity index (χ4n) is 4.89. The second-order valence-corrected chi connectivity index (χ2v) is 9.99. The first-order chi connectivity index (χ1) is 13.3. The molecule has 28 heavy (non-hydrogen) atoms. The Kier molecular flexibility index (Phi) is 8.74. The largest absolute Gasteiger partial charge is 0.396 e. The van der Waals surface area contributed by atoms with Gasteiger partial charge in [-0.2, -0.15) is 0 Å². The Morgan fingerprint density at radius 3 is 2.43 bits per heavy atom. The van der Waals surface area contributed by atoms with Crippen molar-refractivity contribution in [3.05, 3.63) is 36.0 Å². The predicted octanol–water partition coefficient (Wildman–Crippen LogP) is 6.80. The van der Waals surface area contributed by atoms with Crippen molar-refractivity contribution in [1.29, 1.82) is 0 Å². The maximum Gasteiger partial charge on any atom is 0.139 e. The third kappa shape index (κ3) is 6.44. The Balaban J connectivity index is 2.03.